The van der Waals surface area contributed by atoms with Crippen molar-refractivity contribution in [1.29, 1.82) is 0 Å². The first-order valence-electron chi connectivity index (χ1n) is 9.95. The number of alkyl halides is 1. The number of rotatable bonds is 8. The van der Waals surface area contributed by atoms with Crippen LogP contribution in [0.25, 0.3) is 0 Å². The van der Waals surface area contributed by atoms with Gasteiger partial charge in [0.2, 0.25) is 5.91 Å². The number of hydrogen-bond acceptors (Lipinski definition) is 4. The lowest BCUT2D eigenvalue weighted by Crippen LogP contribution is -2.37. The van der Waals surface area contributed by atoms with Crippen molar-refractivity contribution in [2.45, 2.75) is 25.3 Å². The molecule has 1 amide bonds. The Labute approximate surface area is 170 Å². The molecule has 0 aliphatic carbocycles. The van der Waals surface area contributed by atoms with Crippen LogP contribution < -0.4 is 0 Å². The average molecular weight is 412 g/mol. The molecule has 0 unspecified atom stereocenters. The summed E-state index contributed by atoms with van der Waals surface area (Å²) in [4.78, 5) is 25.2. The maximum atomic E-state index is 13.8. The van der Waals surface area contributed by atoms with Gasteiger partial charge in [-0.25, -0.2) is 4.39 Å². The van der Waals surface area contributed by atoms with Gasteiger partial charge in [0, 0.05) is 32.7 Å². The highest BCUT2D eigenvalue weighted by Gasteiger charge is 2.48. The topological polar surface area (TPSA) is 70.1 Å². The lowest BCUT2D eigenvalue weighted by Gasteiger charge is -2.30. The molecular weight excluding hydrogens is 382 g/mol. The van der Waals surface area contributed by atoms with Crippen molar-refractivity contribution in [2.75, 3.05) is 46.6 Å². The summed E-state index contributed by atoms with van der Waals surface area (Å²) < 4.78 is 31.1. The van der Waals surface area contributed by atoms with Crippen LogP contribution in [0.15, 0.2) is 24.3 Å². The average Bonchev–Trinajstić information content (AvgIpc) is 3.23. The number of likely N-dealkylation sites (tertiary alicyclic amines) is 2. The summed E-state index contributed by atoms with van der Waals surface area (Å²) in [6.45, 7) is 3.06. The third-order valence-electron chi connectivity index (χ3n) is 5.63. The van der Waals surface area contributed by atoms with Crippen LogP contribution in [0.2, 0.25) is 0 Å². The molecule has 0 aromatic heterocycles. The molecule has 6 nitrogen and oxygen atoms in total. The smallest absolute Gasteiger partial charge is 0.290 e. The van der Waals surface area contributed by atoms with E-state index < -0.39 is 0 Å². The zero-order chi connectivity index (χ0) is 21.2. The van der Waals surface area contributed by atoms with E-state index in [1.54, 1.807) is 12.1 Å². The van der Waals surface area contributed by atoms with Gasteiger partial charge >= 0.3 is 0 Å². The summed E-state index contributed by atoms with van der Waals surface area (Å²) in [5.74, 6) is 0.390. The maximum absolute atomic E-state index is 13.8. The summed E-state index contributed by atoms with van der Waals surface area (Å²) >= 11 is 0. The van der Waals surface area contributed by atoms with Gasteiger partial charge < -0.3 is 19.6 Å². The van der Waals surface area contributed by atoms with Crippen molar-refractivity contribution in [1.82, 2.24) is 9.80 Å². The van der Waals surface area contributed by atoms with Gasteiger partial charge in [-0.2, -0.15) is 0 Å². The van der Waals surface area contributed by atoms with E-state index in [0.29, 0.717) is 24.8 Å². The minimum Gasteiger partial charge on any atom is -0.483 e. The van der Waals surface area contributed by atoms with Crippen molar-refractivity contribution >= 4 is 12.4 Å². The second-order valence-electron chi connectivity index (χ2n) is 7.52. The highest BCUT2D eigenvalue weighted by Crippen LogP contribution is 2.45. The molecule has 3 atom stereocenters. The molecule has 1 N–H and O–H groups in total. The molecule has 1 aromatic carbocycles. The van der Waals surface area contributed by atoms with E-state index in [1.807, 2.05) is 11.0 Å². The van der Waals surface area contributed by atoms with Crippen molar-refractivity contribution in [2.24, 2.45) is 11.8 Å². The Morgan fingerprint density at radius 3 is 2.69 bits per heavy atom. The number of fused-ring (bicyclic) bond motifs is 1. The first kappa shape index (κ1) is 23.2. The zero-order valence-corrected chi connectivity index (χ0v) is 16.8. The molecule has 2 aliphatic rings. The van der Waals surface area contributed by atoms with Crippen molar-refractivity contribution < 1.29 is 28.2 Å². The largest absolute Gasteiger partial charge is 0.483 e. The van der Waals surface area contributed by atoms with E-state index in [2.05, 4.69) is 4.90 Å². The van der Waals surface area contributed by atoms with Crippen LogP contribution in [-0.4, -0.2) is 73.9 Å². The van der Waals surface area contributed by atoms with Crippen molar-refractivity contribution in [3.8, 4) is 0 Å². The number of amides is 1. The van der Waals surface area contributed by atoms with Gasteiger partial charge in [0.1, 0.15) is 12.4 Å². The van der Waals surface area contributed by atoms with E-state index in [1.165, 1.54) is 13.2 Å². The second-order valence-corrected chi connectivity index (χ2v) is 7.52. The van der Waals surface area contributed by atoms with Crippen LogP contribution >= 0.6 is 0 Å². The van der Waals surface area contributed by atoms with E-state index >= 15 is 0 Å². The van der Waals surface area contributed by atoms with Gasteiger partial charge in [-0.15, -0.1) is 0 Å². The van der Waals surface area contributed by atoms with Gasteiger partial charge in [0.15, 0.2) is 0 Å². The lowest BCUT2D eigenvalue weighted by atomic mass is 9.89. The molecule has 2 heterocycles. The molecule has 0 saturated carbocycles. The first-order valence-corrected chi connectivity index (χ1v) is 9.95. The minimum absolute atomic E-state index is 0.0364. The van der Waals surface area contributed by atoms with Crippen LogP contribution in [0.4, 0.5) is 8.78 Å². The van der Waals surface area contributed by atoms with Crippen molar-refractivity contribution in [3.63, 3.8) is 0 Å². The van der Waals surface area contributed by atoms with Crippen LogP contribution in [0.1, 0.15) is 30.9 Å². The lowest BCUT2D eigenvalue weighted by molar-refractivity contribution is -0.136. The number of carboxylic acid groups (broad SMARTS) is 1. The standard InChI is InChI=1S/C20H28F2N2O2.CH2O2/c1-26-14-19(25)24-12-16-11-23(9-4-2-3-8-21)13-18(16)20(24)15-6-5-7-17(22)10-15;2-1-3/h5-7,10,16,18,20H,2-4,8-9,11-14H2,1H3;1H,(H,2,3)/t16-,18-,20+;/m1./s1. The summed E-state index contributed by atoms with van der Waals surface area (Å²) in [5, 5.41) is 6.89. The predicted octanol–water partition coefficient (Wildman–Crippen LogP) is 2.74. The number of carbonyl (C=O) groups is 2. The molecule has 0 spiro atoms. The Morgan fingerprint density at radius 1 is 1.28 bits per heavy atom. The minimum atomic E-state index is -0.272. The molecule has 0 radical (unpaired) electrons. The fourth-order valence-electron chi connectivity index (χ4n) is 4.51. The molecular formula is C21H30F2N2O4. The van der Waals surface area contributed by atoms with Crippen molar-refractivity contribution in [3.05, 3.63) is 35.6 Å². The number of methoxy groups -OCH3 is 1. The van der Waals surface area contributed by atoms with E-state index in [0.717, 1.165) is 38.0 Å². The van der Waals surface area contributed by atoms with E-state index in [-0.39, 0.29) is 37.5 Å². The number of hydrogen-bond donors (Lipinski definition) is 1. The number of halogens is 2. The monoisotopic (exact) mass is 412 g/mol. The maximum Gasteiger partial charge on any atom is 0.290 e. The van der Waals surface area contributed by atoms with Gasteiger partial charge in [0.25, 0.3) is 6.47 Å². The Kier molecular flexibility index (Phi) is 9.47. The quantitative estimate of drug-likeness (QED) is 0.525. The van der Waals surface area contributed by atoms with Crippen LogP contribution in [0, 0.1) is 17.7 Å². The van der Waals surface area contributed by atoms with E-state index in [9.17, 15) is 13.6 Å². The molecule has 29 heavy (non-hydrogen) atoms. The SMILES string of the molecule is COCC(=O)N1C[C@H]2CN(CCCCCF)C[C@H]2[C@@H]1c1cccc(F)c1.O=CO. The number of ether oxygens (including phenoxy) is 1. The highest BCUT2D eigenvalue weighted by atomic mass is 19.1. The Hall–Kier alpha value is -2.06. The number of nitrogens with zero attached hydrogens (tertiary/aromatic N) is 2. The molecule has 3 rings (SSSR count). The number of unbranched alkanes of at least 4 members (excludes halogenated alkanes) is 2. The molecule has 2 aliphatic heterocycles. The molecule has 2 fully saturated rings. The van der Waals surface area contributed by atoms with Gasteiger partial charge in [-0.3, -0.25) is 14.0 Å². The molecule has 0 bridgehead atoms. The molecule has 162 valence electrons. The predicted molar refractivity (Wildman–Crippen MR) is 105 cm³/mol. The molecule has 2 saturated heterocycles. The molecule has 1 aromatic rings. The Balaban J connectivity index is 0.000000941. The fraction of sp³-hybridized carbons (Fsp3) is 0.619. The Morgan fingerprint density at radius 2 is 2.03 bits per heavy atom. The van der Waals surface area contributed by atoms with Gasteiger partial charge in [-0.05, 0) is 49.4 Å². The summed E-state index contributed by atoms with van der Waals surface area (Å²) in [5.41, 5.74) is 0.862. The summed E-state index contributed by atoms with van der Waals surface area (Å²) in [6, 6.07) is 6.50. The van der Waals surface area contributed by atoms with Gasteiger partial charge in [-0.1, -0.05) is 12.1 Å². The number of carbonyl (C=O) groups excluding carboxylic acids is 1. The third-order valence-corrected chi connectivity index (χ3v) is 5.63. The fourth-order valence-corrected chi connectivity index (χ4v) is 4.51. The van der Waals surface area contributed by atoms with Crippen LogP contribution in [-0.2, 0) is 14.3 Å². The van der Waals surface area contributed by atoms with Gasteiger partial charge in [0.05, 0.1) is 12.7 Å². The number of benzene rings is 1. The Bertz CT molecular complexity index is 661. The molecule has 8 heteroatoms. The summed E-state index contributed by atoms with van der Waals surface area (Å²) in [7, 11) is 1.52. The van der Waals surface area contributed by atoms with Crippen LogP contribution in [0.3, 0.4) is 0 Å². The normalized spacial score (nSPS) is 23.4. The third kappa shape index (κ3) is 6.21. The highest BCUT2D eigenvalue weighted by molar-refractivity contribution is 5.78. The zero-order valence-electron chi connectivity index (χ0n) is 16.8. The second kappa shape index (κ2) is 11.8. The van der Waals surface area contributed by atoms with E-state index in [4.69, 9.17) is 14.6 Å². The summed E-state index contributed by atoms with van der Waals surface area (Å²) in [6.07, 6.45) is 2.54. The van der Waals surface area contributed by atoms with Crippen LogP contribution in [0.5, 0.6) is 0 Å². The first-order chi connectivity index (χ1) is 14.0.